The largest absolute Gasteiger partial charge is 0.481 e. The molecule has 19 heavy (non-hydrogen) atoms. The van der Waals surface area contributed by atoms with Gasteiger partial charge in [0.25, 0.3) is 0 Å². The Kier molecular flexibility index (Phi) is 3.94. The molecule has 0 aromatic carbocycles. The summed E-state index contributed by atoms with van der Waals surface area (Å²) >= 11 is 0. The predicted octanol–water partition coefficient (Wildman–Crippen LogP) is 0.707. The molecule has 1 aliphatic rings. The summed E-state index contributed by atoms with van der Waals surface area (Å²) in [7, 11) is 1.27. The van der Waals surface area contributed by atoms with Gasteiger partial charge in [-0.25, -0.2) is 14.8 Å². The van der Waals surface area contributed by atoms with Crippen molar-refractivity contribution in [2.45, 2.75) is 25.3 Å². The zero-order chi connectivity index (χ0) is 13.8. The number of rotatable bonds is 4. The fourth-order valence-corrected chi connectivity index (χ4v) is 2.25. The van der Waals surface area contributed by atoms with Crippen LogP contribution >= 0.6 is 0 Å². The number of nitrogens with zero attached hydrogens (tertiary/aromatic N) is 3. The SMILES string of the molecule is COC(=O)c1nccc(N2CCCC2CC(=O)O)n1. The van der Waals surface area contributed by atoms with E-state index in [1.165, 1.54) is 13.3 Å². The number of aliphatic carboxylic acids is 1. The van der Waals surface area contributed by atoms with Crippen LogP contribution in [-0.2, 0) is 9.53 Å². The quantitative estimate of drug-likeness (QED) is 0.801. The average molecular weight is 265 g/mol. The van der Waals surface area contributed by atoms with Gasteiger partial charge in [-0.05, 0) is 18.9 Å². The Balaban J connectivity index is 2.20. The van der Waals surface area contributed by atoms with Gasteiger partial charge < -0.3 is 14.7 Å². The lowest BCUT2D eigenvalue weighted by atomic mass is 10.1. The monoisotopic (exact) mass is 265 g/mol. The third-order valence-corrected chi connectivity index (χ3v) is 3.09. The Morgan fingerprint density at radius 3 is 3.05 bits per heavy atom. The Bertz CT molecular complexity index is 492. The molecule has 102 valence electrons. The van der Waals surface area contributed by atoms with Crippen LogP contribution in [0.4, 0.5) is 5.82 Å². The molecular formula is C12H15N3O4. The Morgan fingerprint density at radius 1 is 1.58 bits per heavy atom. The van der Waals surface area contributed by atoms with Crippen LogP contribution in [0.2, 0.25) is 0 Å². The second kappa shape index (κ2) is 5.64. The Labute approximate surface area is 110 Å². The number of ether oxygens (including phenoxy) is 1. The van der Waals surface area contributed by atoms with E-state index >= 15 is 0 Å². The Hall–Kier alpha value is -2.18. The number of carboxylic acids is 1. The summed E-state index contributed by atoms with van der Waals surface area (Å²) in [6.07, 6.45) is 3.27. The van der Waals surface area contributed by atoms with Crippen molar-refractivity contribution in [3.05, 3.63) is 18.1 Å². The fraction of sp³-hybridized carbons (Fsp3) is 0.500. The van der Waals surface area contributed by atoms with Crippen LogP contribution in [0.25, 0.3) is 0 Å². The lowest BCUT2D eigenvalue weighted by Gasteiger charge is -2.24. The predicted molar refractivity (Wildman–Crippen MR) is 66.0 cm³/mol. The first-order valence-corrected chi connectivity index (χ1v) is 6.01. The topological polar surface area (TPSA) is 92.6 Å². The first kappa shape index (κ1) is 13.3. The van der Waals surface area contributed by atoms with Gasteiger partial charge in [-0.3, -0.25) is 4.79 Å². The zero-order valence-electron chi connectivity index (χ0n) is 10.6. The third-order valence-electron chi connectivity index (χ3n) is 3.09. The second-order valence-electron chi connectivity index (χ2n) is 4.32. The van der Waals surface area contributed by atoms with E-state index in [0.29, 0.717) is 5.82 Å². The minimum absolute atomic E-state index is 0.0130. The van der Waals surface area contributed by atoms with Crippen molar-refractivity contribution < 1.29 is 19.4 Å². The molecule has 0 aliphatic carbocycles. The molecular weight excluding hydrogens is 250 g/mol. The zero-order valence-corrected chi connectivity index (χ0v) is 10.6. The van der Waals surface area contributed by atoms with E-state index in [1.807, 2.05) is 4.90 Å². The van der Waals surface area contributed by atoms with E-state index in [1.54, 1.807) is 6.07 Å². The molecule has 7 nitrogen and oxygen atoms in total. The molecule has 1 aromatic rings. The maximum absolute atomic E-state index is 11.4. The molecule has 0 saturated carbocycles. The standard InChI is InChI=1S/C12H15N3O4/c1-19-12(18)11-13-5-4-9(14-11)15-6-2-3-8(15)7-10(16)17/h4-5,8H,2-3,6-7H2,1H3,(H,16,17). The van der Waals surface area contributed by atoms with E-state index in [9.17, 15) is 9.59 Å². The average Bonchev–Trinajstić information content (AvgIpc) is 2.85. The lowest BCUT2D eigenvalue weighted by Crippen LogP contribution is -2.32. The fourth-order valence-electron chi connectivity index (χ4n) is 2.25. The molecule has 1 aromatic heterocycles. The highest BCUT2D eigenvalue weighted by molar-refractivity contribution is 5.85. The molecule has 0 spiro atoms. The molecule has 7 heteroatoms. The van der Waals surface area contributed by atoms with Crippen molar-refractivity contribution in [2.24, 2.45) is 0 Å². The van der Waals surface area contributed by atoms with Gasteiger partial charge in [0.15, 0.2) is 0 Å². The summed E-state index contributed by atoms with van der Waals surface area (Å²) in [5.74, 6) is -0.880. The summed E-state index contributed by atoms with van der Waals surface area (Å²) in [4.78, 5) is 32.1. The first-order chi connectivity index (χ1) is 9.11. The molecule has 1 fully saturated rings. The maximum Gasteiger partial charge on any atom is 0.376 e. The van der Waals surface area contributed by atoms with Gasteiger partial charge in [-0.1, -0.05) is 0 Å². The minimum Gasteiger partial charge on any atom is -0.481 e. The van der Waals surface area contributed by atoms with E-state index in [0.717, 1.165) is 19.4 Å². The molecule has 0 amide bonds. The minimum atomic E-state index is -0.834. The van der Waals surface area contributed by atoms with Gasteiger partial charge in [0.1, 0.15) is 5.82 Å². The van der Waals surface area contributed by atoms with E-state index < -0.39 is 11.9 Å². The van der Waals surface area contributed by atoms with Crippen LogP contribution in [-0.4, -0.2) is 46.7 Å². The number of hydrogen-bond acceptors (Lipinski definition) is 6. The van der Waals surface area contributed by atoms with Gasteiger partial charge in [0.05, 0.1) is 13.5 Å². The second-order valence-corrected chi connectivity index (χ2v) is 4.32. The van der Waals surface area contributed by atoms with Gasteiger partial charge in [-0.2, -0.15) is 0 Å². The highest BCUT2D eigenvalue weighted by Gasteiger charge is 2.28. The molecule has 1 aliphatic heterocycles. The van der Waals surface area contributed by atoms with Crippen LogP contribution in [0.5, 0.6) is 0 Å². The van der Waals surface area contributed by atoms with Crippen LogP contribution in [0.15, 0.2) is 12.3 Å². The summed E-state index contributed by atoms with van der Waals surface area (Å²) < 4.78 is 4.57. The number of aromatic nitrogens is 2. The lowest BCUT2D eigenvalue weighted by molar-refractivity contribution is -0.137. The van der Waals surface area contributed by atoms with Crippen LogP contribution in [0.3, 0.4) is 0 Å². The molecule has 0 radical (unpaired) electrons. The van der Waals surface area contributed by atoms with E-state index in [-0.39, 0.29) is 18.3 Å². The summed E-state index contributed by atoms with van der Waals surface area (Å²) in [5, 5.41) is 8.89. The summed E-state index contributed by atoms with van der Waals surface area (Å²) in [6, 6.07) is 1.59. The van der Waals surface area contributed by atoms with Crippen molar-refractivity contribution in [1.82, 2.24) is 9.97 Å². The van der Waals surface area contributed by atoms with Gasteiger partial charge in [-0.15, -0.1) is 0 Å². The van der Waals surface area contributed by atoms with Crippen LogP contribution in [0.1, 0.15) is 29.9 Å². The van der Waals surface area contributed by atoms with Crippen LogP contribution in [0, 0.1) is 0 Å². The normalized spacial score (nSPS) is 18.4. The molecule has 2 rings (SSSR count). The molecule has 0 bridgehead atoms. The molecule has 1 atom stereocenters. The van der Waals surface area contributed by atoms with Gasteiger partial charge in [0, 0.05) is 18.8 Å². The third kappa shape index (κ3) is 2.98. The number of carbonyl (C=O) groups excluding carboxylic acids is 1. The smallest absolute Gasteiger partial charge is 0.376 e. The highest BCUT2D eigenvalue weighted by atomic mass is 16.5. The van der Waals surface area contributed by atoms with Crippen molar-refractivity contribution in [2.75, 3.05) is 18.6 Å². The van der Waals surface area contributed by atoms with Crippen molar-refractivity contribution >= 4 is 17.8 Å². The highest BCUT2D eigenvalue weighted by Crippen LogP contribution is 2.25. The molecule has 1 unspecified atom stereocenters. The molecule has 1 saturated heterocycles. The van der Waals surface area contributed by atoms with Crippen molar-refractivity contribution in [1.29, 1.82) is 0 Å². The number of hydrogen-bond donors (Lipinski definition) is 1. The van der Waals surface area contributed by atoms with Crippen molar-refractivity contribution in [3.63, 3.8) is 0 Å². The number of esters is 1. The van der Waals surface area contributed by atoms with Gasteiger partial charge in [0.2, 0.25) is 5.82 Å². The van der Waals surface area contributed by atoms with E-state index in [2.05, 4.69) is 14.7 Å². The summed E-state index contributed by atoms with van der Waals surface area (Å²) in [5.41, 5.74) is 0. The number of carbonyl (C=O) groups is 2. The summed E-state index contributed by atoms with van der Waals surface area (Å²) in [6.45, 7) is 0.732. The molecule has 1 N–H and O–H groups in total. The number of methoxy groups -OCH3 is 1. The first-order valence-electron chi connectivity index (χ1n) is 6.01. The van der Waals surface area contributed by atoms with Gasteiger partial charge >= 0.3 is 11.9 Å². The molecule has 2 heterocycles. The Morgan fingerprint density at radius 2 is 2.37 bits per heavy atom. The number of carboxylic acid groups (broad SMARTS) is 1. The number of anilines is 1. The van der Waals surface area contributed by atoms with Crippen LogP contribution < -0.4 is 4.90 Å². The maximum atomic E-state index is 11.4. The van der Waals surface area contributed by atoms with Crippen molar-refractivity contribution in [3.8, 4) is 0 Å². The van der Waals surface area contributed by atoms with E-state index in [4.69, 9.17) is 5.11 Å².